The summed E-state index contributed by atoms with van der Waals surface area (Å²) in [5.74, 6) is 1.11. The normalized spacial score (nSPS) is 12.0. The lowest BCUT2D eigenvalue weighted by molar-refractivity contribution is -0.122. The molecular formula is C20H24ClNO3. The van der Waals surface area contributed by atoms with Crippen LogP contribution in [0.15, 0.2) is 36.4 Å². The van der Waals surface area contributed by atoms with E-state index in [2.05, 4.69) is 5.32 Å². The Hall–Kier alpha value is -2.20. The molecule has 4 nitrogen and oxygen atoms in total. The third kappa shape index (κ3) is 5.40. The van der Waals surface area contributed by atoms with Gasteiger partial charge in [-0.3, -0.25) is 4.79 Å². The maximum Gasteiger partial charge on any atom is 0.265 e. The molecule has 0 aliphatic heterocycles. The Morgan fingerprint density at radius 2 is 1.64 bits per heavy atom. The molecule has 5 heteroatoms. The molecular weight excluding hydrogens is 338 g/mol. The van der Waals surface area contributed by atoms with Crippen molar-refractivity contribution in [1.82, 2.24) is 0 Å². The van der Waals surface area contributed by atoms with Gasteiger partial charge in [0.25, 0.3) is 5.91 Å². The Labute approximate surface area is 154 Å². The smallest absolute Gasteiger partial charge is 0.265 e. The number of amides is 1. The predicted molar refractivity (Wildman–Crippen MR) is 102 cm³/mol. The minimum Gasteiger partial charge on any atom is -0.491 e. The third-order valence-electron chi connectivity index (χ3n) is 3.57. The van der Waals surface area contributed by atoms with Crippen LogP contribution in [-0.4, -0.2) is 18.1 Å². The third-order valence-corrected chi connectivity index (χ3v) is 4.16. The Bertz CT molecular complexity index is 735. The van der Waals surface area contributed by atoms with Crippen LogP contribution in [0.4, 0.5) is 5.69 Å². The highest BCUT2D eigenvalue weighted by Gasteiger charge is 2.16. The highest BCUT2D eigenvalue weighted by molar-refractivity contribution is 6.32. The summed E-state index contributed by atoms with van der Waals surface area (Å²) in [6.07, 6.45) is -0.570. The molecule has 2 aromatic carbocycles. The van der Waals surface area contributed by atoms with E-state index in [9.17, 15) is 4.79 Å². The van der Waals surface area contributed by atoms with E-state index in [1.54, 1.807) is 13.0 Å². The van der Waals surface area contributed by atoms with Crippen LogP contribution in [0.1, 0.15) is 31.9 Å². The second-order valence-corrected chi connectivity index (χ2v) is 6.69. The first-order chi connectivity index (χ1) is 11.8. The van der Waals surface area contributed by atoms with Crippen molar-refractivity contribution in [3.05, 3.63) is 52.5 Å². The number of benzene rings is 2. The van der Waals surface area contributed by atoms with E-state index in [1.807, 2.05) is 58.0 Å². The van der Waals surface area contributed by atoms with Gasteiger partial charge in [0, 0.05) is 16.8 Å². The number of hydrogen-bond donors (Lipinski definition) is 1. The molecule has 2 rings (SSSR count). The zero-order chi connectivity index (χ0) is 18.6. The van der Waals surface area contributed by atoms with Crippen LogP contribution in [0, 0.1) is 13.8 Å². The van der Waals surface area contributed by atoms with E-state index in [4.69, 9.17) is 21.1 Å². The number of nitrogens with one attached hydrogen (secondary N) is 1. The highest BCUT2D eigenvalue weighted by atomic mass is 35.5. The molecule has 25 heavy (non-hydrogen) atoms. The molecule has 0 aromatic heterocycles. The van der Waals surface area contributed by atoms with Crippen LogP contribution in [0.25, 0.3) is 0 Å². The first-order valence-corrected chi connectivity index (χ1v) is 8.65. The molecule has 0 heterocycles. The van der Waals surface area contributed by atoms with E-state index >= 15 is 0 Å². The number of carbonyl (C=O) groups excluding carboxylic acids is 1. The number of ether oxygens (including phenoxy) is 2. The Kier molecular flexibility index (Phi) is 6.32. The lowest BCUT2D eigenvalue weighted by Gasteiger charge is -2.17. The number of rotatable bonds is 6. The summed E-state index contributed by atoms with van der Waals surface area (Å²) < 4.78 is 11.4. The van der Waals surface area contributed by atoms with Crippen molar-refractivity contribution >= 4 is 23.2 Å². The van der Waals surface area contributed by atoms with Crippen molar-refractivity contribution in [2.45, 2.75) is 46.8 Å². The highest BCUT2D eigenvalue weighted by Crippen LogP contribution is 2.26. The van der Waals surface area contributed by atoms with Crippen LogP contribution in [0.5, 0.6) is 11.5 Å². The number of aryl methyl sites for hydroxylation is 2. The van der Waals surface area contributed by atoms with Gasteiger partial charge in [-0.05, 0) is 70.0 Å². The molecule has 1 amide bonds. The molecule has 0 aliphatic rings. The summed E-state index contributed by atoms with van der Waals surface area (Å²) in [6, 6.07) is 11.0. The fraction of sp³-hybridized carbons (Fsp3) is 0.350. The Morgan fingerprint density at radius 3 is 2.24 bits per heavy atom. The van der Waals surface area contributed by atoms with Crippen LogP contribution in [-0.2, 0) is 4.79 Å². The van der Waals surface area contributed by atoms with Crippen molar-refractivity contribution < 1.29 is 14.3 Å². The first-order valence-electron chi connectivity index (χ1n) is 8.27. The predicted octanol–water partition coefficient (Wildman–Crippen LogP) is 5.15. The van der Waals surface area contributed by atoms with Crippen molar-refractivity contribution in [1.29, 1.82) is 0 Å². The van der Waals surface area contributed by atoms with Gasteiger partial charge >= 0.3 is 0 Å². The molecule has 0 bridgehead atoms. The second kappa shape index (κ2) is 8.26. The van der Waals surface area contributed by atoms with Gasteiger partial charge in [-0.2, -0.15) is 0 Å². The van der Waals surface area contributed by atoms with Gasteiger partial charge < -0.3 is 14.8 Å². The second-order valence-electron chi connectivity index (χ2n) is 6.31. The number of carbonyl (C=O) groups is 1. The molecule has 1 atom stereocenters. The molecule has 1 N–H and O–H groups in total. The zero-order valence-corrected chi connectivity index (χ0v) is 16.0. The summed E-state index contributed by atoms with van der Waals surface area (Å²) in [6.45, 7) is 9.44. The maximum atomic E-state index is 12.4. The number of hydrogen-bond acceptors (Lipinski definition) is 3. The summed E-state index contributed by atoms with van der Waals surface area (Å²) in [5, 5.41) is 3.56. The van der Waals surface area contributed by atoms with Gasteiger partial charge in [-0.15, -0.1) is 0 Å². The summed E-state index contributed by atoms with van der Waals surface area (Å²) in [4.78, 5) is 12.4. The largest absolute Gasteiger partial charge is 0.491 e. The number of halogens is 1. The monoisotopic (exact) mass is 361 g/mol. The fourth-order valence-electron chi connectivity index (χ4n) is 2.40. The van der Waals surface area contributed by atoms with Gasteiger partial charge in [0.15, 0.2) is 6.10 Å². The van der Waals surface area contributed by atoms with Crippen molar-refractivity contribution in [3.8, 4) is 11.5 Å². The summed E-state index contributed by atoms with van der Waals surface area (Å²) in [5.41, 5.74) is 2.51. The summed E-state index contributed by atoms with van der Waals surface area (Å²) >= 11 is 6.16. The standard InChI is InChI=1S/C20H24ClNO3/c1-12(2)24-17-8-6-7-16(11-17)22-20(23)15(5)25-18-9-13(3)19(21)14(4)10-18/h6-12,15H,1-5H3,(H,22,23)/t15-/m1/s1. The average Bonchev–Trinajstić information content (AvgIpc) is 2.52. The molecule has 0 saturated heterocycles. The minimum atomic E-state index is -0.644. The van der Waals surface area contributed by atoms with E-state index in [0.717, 1.165) is 11.1 Å². The molecule has 0 unspecified atom stereocenters. The zero-order valence-electron chi connectivity index (χ0n) is 15.2. The minimum absolute atomic E-state index is 0.0737. The molecule has 0 radical (unpaired) electrons. The van der Waals surface area contributed by atoms with Gasteiger partial charge in [0.1, 0.15) is 11.5 Å². The van der Waals surface area contributed by atoms with Gasteiger partial charge in [-0.25, -0.2) is 0 Å². The molecule has 2 aromatic rings. The van der Waals surface area contributed by atoms with Crippen LogP contribution >= 0.6 is 11.6 Å². The van der Waals surface area contributed by atoms with Gasteiger partial charge in [0.05, 0.1) is 6.10 Å². The van der Waals surface area contributed by atoms with E-state index in [0.29, 0.717) is 22.2 Å². The Balaban J connectivity index is 2.03. The van der Waals surface area contributed by atoms with Crippen LogP contribution < -0.4 is 14.8 Å². The quantitative estimate of drug-likeness (QED) is 0.773. The number of anilines is 1. The first kappa shape index (κ1) is 19.1. The van der Waals surface area contributed by atoms with Crippen LogP contribution in [0.3, 0.4) is 0 Å². The van der Waals surface area contributed by atoms with Crippen molar-refractivity contribution in [3.63, 3.8) is 0 Å². The van der Waals surface area contributed by atoms with E-state index in [-0.39, 0.29) is 12.0 Å². The molecule has 134 valence electrons. The van der Waals surface area contributed by atoms with Crippen molar-refractivity contribution in [2.24, 2.45) is 0 Å². The van der Waals surface area contributed by atoms with Crippen molar-refractivity contribution in [2.75, 3.05) is 5.32 Å². The lowest BCUT2D eigenvalue weighted by atomic mass is 10.1. The molecule has 0 aliphatic carbocycles. The van der Waals surface area contributed by atoms with Crippen LogP contribution in [0.2, 0.25) is 5.02 Å². The van der Waals surface area contributed by atoms with Gasteiger partial charge in [0.2, 0.25) is 0 Å². The SMILES string of the molecule is Cc1cc(O[C@H](C)C(=O)Nc2cccc(OC(C)C)c2)cc(C)c1Cl. The molecule has 0 fully saturated rings. The maximum absolute atomic E-state index is 12.4. The lowest BCUT2D eigenvalue weighted by Crippen LogP contribution is -2.30. The molecule has 0 saturated carbocycles. The fourth-order valence-corrected chi connectivity index (χ4v) is 2.50. The van der Waals surface area contributed by atoms with E-state index in [1.165, 1.54) is 0 Å². The summed E-state index contributed by atoms with van der Waals surface area (Å²) in [7, 11) is 0. The Morgan fingerprint density at radius 1 is 1.00 bits per heavy atom. The van der Waals surface area contributed by atoms with E-state index < -0.39 is 6.10 Å². The van der Waals surface area contributed by atoms with Gasteiger partial charge in [-0.1, -0.05) is 17.7 Å². The topological polar surface area (TPSA) is 47.6 Å². The average molecular weight is 362 g/mol. The molecule has 0 spiro atoms.